The van der Waals surface area contributed by atoms with Crippen molar-refractivity contribution in [1.29, 1.82) is 0 Å². The lowest BCUT2D eigenvalue weighted by atomic mass is 9.70. The number of hydrogen-bond donors (Lipinski definition) is 1. The molecule has 0 bridgehead atoms. The lowest BCUT2D eigenvalue weighted by Crippen LogP contribution is -2.43. The summed E-state index contributed by atoms with van der Waals surface area (Å²) in [5.74, 6) is 0.832. The molecule has 3 aromatic rings. The van der Waals surface area contributed by atoms with Crippen LogP contribution in [0.1, 0.15) is 56.2 Å². The van der Waals surface area contributed by atoms with Gasteiger partial charge in [-0.05, 0) is 60.9 Å². The fourth-order valence-electron chi connectivity index (χ4n) is 4.60. The second-order valence-electron chi connectivity index (χ2n) is 9.18. The molecule has 2 heterocycles. The summed E-state index contributed by atoms with van der Waals surface area (Å²) in [4.78, 5) is 21.8. The molecule has 1 fully saturated rings. The van der Waals surface area contributed by atoms with Crippen LogP contribution in [0.5, 0.6) is 0 Å². The third-order valence-corrected chi connectivity index (χ3v) is 6.79. The van der Waals surface area contributed by atoms with Gasteiger partial charge in [-0.25, -0.2) is 14.6 Å². The number of rotatable bonds is 6. The molecule has 9 heteroatoms. The minimum Gasteiger partial charge on any atom is -0.348 e. The number of thioether (sulfide) groups is 1. The normalized spacial score (nSPS) is 20.1. The van der Waals surface area contributed by atoms with Crippen molar-refractivity contribution >= 4 is 29.3 Å². The summed E-state index contributed by atoms with van der Waals surface area (Å²) in [5.41, 5.74) is 2.03. The highest BCUT2D eigenvalue weighted by Gasteiger charge is 2.33. The van der Waals surface area contributed by atoms with Crippen molar-refractivity contribution in [3.8, 4) is 5.69 Å². The predicted octanol–water partition coefficient (Wildman–Crippen LogP) is 4.95. The highest BCUT2D eigenvalue weighted by atomic mass is 35.5. The molecular weight excluding hydrogens is 444 g/mol. The van der Waals surface area contributed by atoms with E-state index in [4.69, 9.17) is 11.6 Å². The van der Waals surface area contributed by atoms with Gasteiger partial charge in [0.2, 0.25) is 0 Å². The summed E-state index contributed by atoms with van der Waals surface area (Å²) in [6.45, 7) is 6.78. The van der Waals surface area contributed by atoms with E-state index in [2.05, 4.69) is 46.4 Å². The number of nitrogens with one attached hydrogen (secondary N) is 1. The fraction of sp³-hybridized carbons (Fsp3) is 0.435. The maximum atomic E-state index is 13.3. The number of halogens is 1. The van der Waals surface area contributed by atoms with Gasteiger partial charge in [0.1, 0.15) is 0 Å². The molecule has 0 saturated heterocycles. The Kier molecular flexibility index (Phi) is 6.81. The third kappa shape index (κ3) is 5.48. The Labute approximate surface area is 197 Å². The average molecular weight is 471 g/mol. The van der Waals surface area contributed by atoms with E-state index in [1.807, 2.05) is 12.1 Å². The Hall–Kier alpha value is -2.45. The highest BCUT2D eigenvalue weighted by molar-refractivity contribution is 7.98. The van der Waals surface area contributed by atoms with Crippen LogP contribution in [0.25, 0.3) is 5.69 Å². The van der Waals surface area contributed by atoms with Gasteiger partial charge in [0.05, 0.1) is 11.4 Å². The van der Waals surface area contributed by atoms with Gasteiger partial charge >= 0.3 is 0 Å². The van der Waals surface area contributed by atoms with Crippen LogP contribution in [0.4, 0.5) is 0 Å². The SMILES string of the molecule is CC1CC(NC(=O)c2nnn(-c3ccc(Cl)cc3)c2CSc2ncccn2)CC(C)(C)C1. The molecule has 0 aliphatic heterocycles. The van der Waals surface area contributed by atoms with Gasteiger partial charge in [-0.2, -0.15) is 0 Å². The summed E-state index contributed by atoms with van der Waals surface area (Å²) < 4.78 is 1.69. The van der Waals surface area contributed by atoms with E-state index < -0.39 is 0 Å². The Morgan fingerprint density at radius 2 is 1.94 bits per heavy atom. The average Bonchev–Trinajstić information content (AvgIpc) is 3.16. The maximum Gasteiger partial charge on any atom is 0.274 e. The summed E-state index contributed by atoms with van der Waals surface area (Å²) in [5, 5.41) is 13.0. The smallest absolute Gasteiger partial charge is 0.274 e. The number of aromatic nitrogens is 5. The lowest BCUT2D eigenvalue weighted by Gasteiger charge is -2.39. The maximum absolute atomic E-state index is 13.3. The third-order valence-electron chi connectivity index (χ3n) is 5.65. The fourth-order valence-corrected chi connectivity index (χ4v) is 5.52. The van der Waals surface area contributed by atoms with Crippen LogP contribution in [0.15, 0.2) is 47.9 Å². The predicted molar refractivity (Wildman–Crippen MR) is 126 cm³/mol. The molecule has 1 aliphatic carbocycles. The molecule has 2 unspecified atom stereocenters. The van der Waals surface area contributed by atoms with Crippen LogP contribution in [-0.4, -0.2) is 36.9 Å². The zero-order valence-electron chi connectivity index (χ0n) is 18.5. The largest absolute Gasteiger partial charge is 0.348 e. The zero-order chi connectivity index (χ0) is 22.7. The van der Waals surface area contributed by atoms with Gasteiger partial charge in [-0.1, -0.05) is 49.3 Å². The van der Waals surface area contributed by atoms with Crippen LogP contribution >= 0.6 is 23.4 Å². The van der Waals surface area contributed by atoms with E-state index in [9.17, 15) is 4.79 Å². The first kappa shape index (κ1) is 22.7. The van der Waals surface area contributed by atoms with E-state index in [1.54, 1.807) is 35.3 Å². The topological polar surface area (TPSA) is 85.6 Å². The lowest BCUT2D eigenvalue weighted by molar-refractivity contribution is 0.0868. The molecule has 7 nitrogen and oxygen atoms in total. The van der Waals surface area contributed by atoms with Crippen molar-refractivity contribution in [3.05, 3.63) is 59.1 Å². The Morgan fingerprint density at radius 3 is 2.62 bits per heavy atom. The molecule has 2 atom stereocenters. The van der Waals surface area contributed by atoms with Gasteiger partial charge < -0.3 is 5.32 Å². The minimum atomic E-state index is -0.190. The summed E-state index contributed by atoms with van der Waals surface area (Å²) >= 11 is 7.49. The highest BCUT2D eigenvalue weighted by Crippen LogP contribution is 2.38. The Morgan fingerprint density at radius 1 is 1.22 bits per heavy atom. The zero-order valence-corrected chi connectivity index (χ0v) is 20.0. The number of benzene rings is 1. The van der Waals surface area contributed by atoms with E-state index in [1.165, 1.54) is 18.2 Å². The Balaban J connectivity index is 1.60. The van der Waals surface area contributed by atoms with Gasteiger partial charge in [0.25, 0.3) is 5.91 Å². The van der Waals surface area contributed by atoms with Crippen molar-refractivity contribution in [2.75, 3.05) is 0 Å². The molecule has 0 radical (unpaired) electrons. The van der Waals surface area contributed by atoms with E-state index in [0.29, 0.717) is 33.2 Å². The van der Waals surface area contributed by atoms with Gasteiger partial charge in [-0.3, -0.25) is 4.79 Å². The number of nitrogens with zero attached hydrogens (tertiary/aromatic N) is 5. The van der Waals surface area contributed by atoms with Crippen molar-refractivity contribution in [1.82, 2.24) is 30.3 Å². The molecular formula is C23H27ClN6OS. The standard InChI is InChI=1S/C23H27ClN6OS/c1-15-11-17(13-23(2,3)12-15)27-21(31)20-19(14-32-22-25-9-4-10-26-22)30(29-28-20)18-7-5-16(24)6-8-18/h4-10,15,17H,11-14H2,1-3H3,(H,27,31). The molecule has 1 aliphatic rings. The molecule has 0 spiro atoms. The van der Waals surface area contributed by atoms with Crippen molar-refractivity contribution in [2.45, 2.75) is 57.0 Å². The van der Waals surface area contributed by atoms with E-state index in [-0.39, 0.29) is 17.4 Å². The van der Waals surface area contributed by atoms with Crippen LogP contribution < -0.4 is 5.32 Å². The number of amides is 1. The molecule has 2 aromatic heterocycles. The second-order valence-corrected chi connectivity index (χ2v) is 10.6. The monoisotopic (exact) mass is 470 g/mol. The van der Waals surface area contributed by atoms with Crippen LogP contribution in [-0.2, 0) is 5.75 Å². The first-order valence-corrected chi connectivity index (χ1v) is 12.1. The molecule has 1 aromatic carbocycles. The molecule has 1 amide bonds. The Bertz CT molecular complexity index is 1070. The first-order valence-electron chi connectivity index (χ1n) is 10.7. The van der Waals surface area contributed by atoms with Crippen LogP contribution in [0, 0.1) is 11.3 Å². The minimum absolute atomic E-state index is 0.125. The second kappa shape index (κ2) is 9.58. The van der Waals surface area contributed by atoms with E-state index >= 15 is 0 Å². The van der Waals surface area contributed by atoms with Gasteiger partial charge in [0, 0.05) is 29.2 Å². The quantitative estimate of drug-likeness (QED) is 0.405. The summed E-state index contributed by atoms with van der Waals surface area (Å²) in [6.07, 6.45) is 6.50. The van der Waals surface area contributed by atoms with Crippen molar-refractivity contribution in [3.63, 3.8) is 0 Å². The molecule has 32 heavy (non-hydrogen) atoms. The van der Waals surface area contributed by atoms with Gasteiger partial charge in [0.15, 0.2) is 10.9 Å². The molecule has 4 rings (SSSR count). The van der Waals surface area contributed by atoms with E-state index in [0.717, 1.165) is 18.5 Å². The first-order chi connectivity index (χ1) is 15.3. The van der Waals surface area contributed by atoms with Crippen molar-refractivity contribution < 1.29 is 4.79 Å². The van der Waals surface area contributed by atoms with Crippen molar-refractivity contribution in [2.24, 2.45) is 11.3 Å². The molecule has 168 valence electrons. The van der Waals surface area contributed by atoms with Crippen LogP contribution in [0.3, 0.4) is 0 Å². The molecule has 1 saturated carbocycles. The summed E-state index contributed by atoms with van der Waals surface area (Å²) in [6, 6.07) is 9.20. The number of carbonyl (C=O) groups excluding carboxylic acids is 1. The number of hydrogen-bond acceptors (Lipinski definition) is 6. The van der Waals surface area contributed by atoms with Crippen LogP contribution in [0.2, 0.25) is 5.02 Å². The number of carbonyl (C=O) groups is 1. The molecule has 1 N–H and O–H groups in total. The summed E-state index contributed by atoms with van der Waals surface area (Å²) in [7, 11) is 0. The van der Waals surface area contributed by atoms with Gasteiger partial charge in [-0.15, -0.1) is 5.10 Å².